The topological polar surface area (TPSA) is 64.1 Å². The maximum absolute atomic E-state index is 14.0. The monoisotopic (exact) mass is 565 g/mol. The molecule has 37 heavy (non-hydrogen) atoms. The number of carbonyl (C=O) groups excluding carboxylic acids is 1. The van der Waals surface area contributed by atoms with Crippen molar-refractivity contribution in [2.45, 2.75) is 26.2 Å². The van der Waals surface area contributed by atoms with Gasteiger partial charge in [0, 0.05) is 49.0 Å². The number of hydrogen-bond acceptors (Lipinski definition) is 7. The lowest BCUT2D eigenvalue weighted by atomic mass is 9.89. The van der Waals surface area contributed by atoms with Crippen molar-refractivity contribution in [2.24, 2.45) is 0 Å². The van der Waals surface area contributed by atoms with E-state index < -0.39 is 17.6 Å². The molecule has 1 N–H and O–H groups in total. The molecule has 4 rings (SSSR count). The fourth-order valence-corrected chi connectivity index (χ4v) is 6.90. The summed E-state index contributed by atoms with van der Waals surface area (Å²) < 4.78 is 28.0. The van der Waals surface area contributed by atoms with Gasteiger partial charge in [-0.2, -0.15) is 0 Å². The van der Waals surface area contributed by atoms with E-state index in [1.807, 2.05) is 17.0 Å². The number of piperazine rings is 1. The van der Waals surface area contributed by atoms with Crippen molar-refractivity contribution in [1.82, 2.24) is 14.7 Å². The molecule has 0 unspecified atom stereocenters. The second-order valence-electron chi connectivity index (χ2n) is 10.1. The summed E-state index contributed by atoms with van der Waals surface area (Å²) in [6.07, 6.45) is 1.83. The predicted molar refractivity (Wildman–Crippen MR) is 149 cm³/mol. The van der Waals surface area contributed by atoms with Crippen LogP contribution in [0.2, 0.25) is 0 Å². The predicted octanol–water partition coefficient (Wildman–Crippen LogP) is 4.89. The quantitative estimate of drug-likeness (QED) is 0.379. The number of benzene rings is 1. The van der Waals surface area contributed by atoms with Crippen LogP contribution in [-0.2, 0) is 15.0 Å². The molecule has 0 saturated carbocycles. The minimum absolute atomic E-state index is 0.0464. The van der Waals surface area contributed by atoms with E-state index >= 15 is 0 Å². The van der Waals surface area contributed by atoms with E-state index in [-0.39, 0.29) is 17.9 Å². The van der Waals surface area contributed by atoms with E-state index in [0.717, 1.165) is 34.5 Å². The van der Waals surface area contributed by atoms with Crippen molar-refractivity contribution in [2.75, 3.05) is 45.8 Å². The van der Waals surface area contributed by atoms with Gasteiger partial charge in [0.05, 0.1) is 11.4 Å². The van der Waals surface area contributed by atoms with E-state index in [4.69, 9.17) is 17.3 Å². The Morgan fingerprint density at radius 3 is 2.38 bits per heavy atom. The highest BCUT2D eigenvalue weighted by Crippen LogP contribution is 2.42. The summed E-state index contributed by atoms with van der Waals surface area (Å²) in [5.41, 5.74) is 1.18. The third-order valence-corrected chi connectivity index (χ3v) is 9.16. The number of carbonyl (C=O) groups is 2. The van der Waals surface area contributed by atoms with Gasteiger partial charge in [-0.05, 0) is 40.8 Å². The van der Waals surface area contributed by atoms with Gasteiger partial charge < -0.3 is 5.11 Å². The molecule has 3 heterocycles. The van der Waals surface area contributed by atoms with E-state index in [1.54, 1.807) is 11.0 Å². The molecule has 2 fully saturated rings. The summed E-state index contributed by atoms with van der Waals surface area (Å²) in [6, 6.07) is 5.82. The summed E-state index contributed by atoms with van der Waals surface area (Å²) in [4.78, 5) is 32.2. The number of hydrogen-bond donors (Lipinski definition) is 1. The minimum atomic E-state index is -0.894. The number of amides is 1. The SMILES string of the molecule is CC(C)(C)c1sc(C=C2SC(=S)N(CCN3CCN(CC(=O)O)CC3)C2=O)cc1-c1ccc(F)c(F)c1. The van der Waals surface area contributed by atoms with Crippen LogP contribution in [0.4, 0.5) is 8.78 Å². The summed E-state index contributed by atoms with van der Waals surface area (Å²) in [6.45, 7) is 10.2. The second-order valence-corrected chi connectivity index (χ2v) is 12.9. The van der Waals surface area contributed by atoms with E-state index in [2.05, 4.69) is 25.7 Å². The fraction of sp³-hybridized carbons (Fsp3) is 0.423. The molecule has 0 atom stereocenters. The maximum atomic E-state index is 14.0. The Balaban J connectivity index is 1.47. The number of halogens is 2. The first-order valence-corrected chi connectivity index (χ1v) is 14.0. The van der Waals surface area contributed by atoms with Crippen LogP contribution in [0.25, 0.3) is 17.2 Å². The van der Waals surface area contributed by atoms with Crippen molar-refractivity contribution < 1.29 is 23.5 Å². The van der Waals surface area contributed by atoms with Gasteiger partial charge in [0.15, 0.2) is 11.6 Å². The lowest BCUT2D eigenvalue weighted by molar-refractivity contribution is -0.138. The standard InChI is InChI=1S/C26H29F2N3O3S3/c1-26(2,3)23-18(16-4-5-19(27)20(28)12-16)13-17(36-23)14-21-24(34)31(25(35)37-21)11-10-29-6-8-30(9-7-29)15-22(32)33/h4-5,12-14H,6-11,15H2,1-3H3,(H,32,33). The van der Waals surface area contributed by atoms with Crippen molar-refractivity contribution in [3.05, 3.63) is 50.6 Å². The average Bonchev–Trinajstić information content (AvgIpc) is 3.36. The zero-order valence-electron chi connectivity index (χ0n) is 20.9. The number of thiophene rings is 1. The van der Waals surface area contributed by atoms with Crippen molar-refractivity contribution in [3.8, 4) is 11.1 Å². The average molecular weight is 566 g/mol. The molecule has 1 aromatic heterocycles. The molecule has 0 spiro atoms. The molecule has 198 valence electrons. The lowest BCUT2D eigenvalue weighted by Crippen LogP contribution is -2.49. The highest BCUT2D eigenvalue weighted by molar-refractivity contribution is 8.26. The molecular formula is C26H29F2N3O3S3. The Bertz CT molecular complexity index is 1250. The van der Waals surface area contributed by atoms with Gasteiger partial charge in [-0.1, -0.05) is 50.8 Å². The van der Waals surface area contributed by atoms with Crippen LogP contribution in [0.1, 0.15) is 30.5 Å². The molecule has 2 saturated heterocycles. The third-order valence-electron chi connectivity index (χ3n) is 6.27. The maximum Gasteiger partial charge on any atom is 0.317 e. The van der Waals surface area contributed by atoms with Crippen molar-refractivity contribution in [1.29, 1.82) is 0 Å². The number of rotatable bonds is 7. The van der Waals surface area contributed by atoms with Gasteiger partial charge >= 0.3 is 5.97 Å². The summed E-state index contributed by atoms with van der Waals surface area (Å²) >= 11 is 8.29. The third kappa shape index (κ3) is 6.64. The normalized spacial score (nSPS) is 18.8. The Hall–Kier alpha value is -2.18. The molecule has 6 nitrogen and oxygen atoms in total. The van der Waals surface area contributed by atoms with Gasteiger partial charge in [0.2, 0.25) is 0 Å². The zero-order valence-corrected chi connectivity index (χ0v) is 23.4. The molecule has 2 aliphatic rings. The van der Waals surface area contributed by atoms with Crippen LogP contribution in [0, 0.1) is 11.6 Å². The smallest absolute Gasteiger partial charge is 0.317 e. The van der Waals surface area contributed by atoms with E-state index in [9.17, 15) is 18.4 Å². The van der Waals surface area contributed by atoms with E-state index in [1.165, 1.54) is 29.2 Å². The Morgan fingerprint density at radius 1 is 1.08 bits per heavy atom. The van der Waals surface area contributed by atoms with E-state index in [0.29, 0.717) is 41.0 Å². The highest BCUT2D eigenvalue weighted by Gasteiger charge is 2.33. The van der Waals surface area contributed by atoms with Crippen LogP contribution in [0.3, 0.4) is 0 Å². The molecule has 1 amide bonds. The van der Waals surface area contributed by atoms with Crippen molar-refractivity contribution in [3.63, 3.8) is 0 Å². The number of thioether (sulfide) groups is 1. The molecule has 0 radical (unpaired) electrons. The first-order chi connectivity index (χ1) is 17.4. The van der Waals surface area contributed by atoms with Gasteiger partial charge in [0.25, 0.3) is 5.91 Å². The molecule has 2 aliphatic heterocycles. The molecule has 2 aromatic rings. The lowest BCUT2D eigenvalue weighted by Gasteiger charge is -2.34. The largest absolute Gasteiger partial charge is 0.480 e. The van der Waals surface area contributed by atoms with Gasteiger partial charge in [0.1, 0.15) is 4.32 Å². The summed E-state index contributed by atoms with van der Waals surface area (Å²) in [5, 5.41) is 8.95. The number of thiocarbonyl (C=S) groups is 1. The molecule has 1 aromatic carbocycles. The Labute approximate surface area is 228 Å². The Kier molecular flexibility index (Phi) is 8.49. The summed E-state index contributed by atoms with van der Waals surface area (Å²) in [5.74, 6) is -2.74. The highest BCUT2D eigenvalue weighted by atomic mass is 32.2. The zero-order chi connectivity index (χ0) is 26.9. The van der Waals surface area contributed by atoms with Gasteiger partial charge in [-0.25, -0.2) is 8.78 Å². The fourth-order valence-electron chi connectivity index (χ4n) is 4.34. The first-order valence-electron chi connectivity index (χ1n) is 11.9. The number of aliphatic carboxylic acids is 1. The van der Waals surface area contributed by atoms with Crippen LogP contribution in [0.5, 0.6) is 0 Å². The van der Waals surface area contributed by atoms with Crippen molar-refractivity contribution >= 4 is 57.6 Å². The minimum Gasteiger partial charge on any atom is -0.480 e. The van der Waals surface area contributed by atoms with Gasteiger partial charge in [-0.15, -0.1) is 11.3 Å². The second kappa shape index (κ2) is 11.3. The van der Waals surface area contributed by atoms with Crippen LogP contribution in [0.15, 0.2) is 29.2 Å². The summed E-state index contributed by atoms with van der Waals surface area (Å²) in [7, 11) is 0. The Morgan fingerprint density at radius 2 is 1.76 bits per heavy atom. The molecule has 11 heteroatoms. The molecular weight excluding hydrogens is 537 g/mol. The number of carboxylic acid groups (broad SMARTS) is 1. The number of nitrogens with zero attached hydrogens (tertiary/aromatic N) is 3. The van der Waals surface area contributed by atoms with Crippen LogP contribution < -0.4 is 0 Å². The first kappa shape index (κ1) is 27.8. The van der Waals surface area contributed by atoms with Crippen LogP contribution in [-0.4, -0.2) is 81.8 Å². The van der Waals surface area contributed by atoms with Gasteiger partial charge in [-0.3, -0.25) is 24.3 Å². The number of carboxylic acids is 1. The molecule has 0 aliphatic carbocycles. The van der Waals surface area contributed by atoms with Crippen LogP contribution >= 0.6 is 35.3 Å². The molecule has 0 bridgehead atoms.